The Bertz CT molecular complexity index is 1620. The first-order valence-corrected chi connectivity index (χ1v) is 12.8. The number of aromatic nitrogens is 1. The normalized spacial score (nSPS) is 11.6. The molecule has 0 unspecified atom stereocenters. The first-order valence-electron chi connectivity index (χ1n) is 12.0. The number of nitrogens with zero attached hydrogens (tertiary/aromatic N) is 3. The molecule has 0 saturated heterocycles. The van der Waals surface area contributed by atoms with Crippen molar-refractivity contribution in [2.24, 2.45) is 0 Å². The number of carbonyl (C=O) groups is 1. The van der Waals surface area contributed by atoms with Crippen LogP contribution in [0.25, 0.3) is 32.0 Å². The zero-order chi connectivity index (χ0) is 25.2. The summed E-state index contributed by atoms with van der Waals surface area (Å²) in [6, 6.07) is 18.8. The van der Waals surface area contributed by atoms with Crippen LogP contribution in [-0.2, 0) is 0 Å². The van der Waals surface area contributed by atoms with Crippen molar-refractivity contribution in [1.82, 2.24) is 9.88 Å². The van der Waals surface area contributed by atoms with Crippen molar-refractivity contribution >= 4 is 54.3 Å². The average Bonchev–Trinajstić information content (AvgIpc) is 3.33. The van der Waals surface area contributed by atoms with Crippen molar-refractivity contribution < 1.29 is 13.9 Å². The summed E-state index contributed by atoms with van der Waals surface area (Å²) in [5, 5.41) is 3.20. The molecule has 0 saturated carbocycles. The topological polar surface area (TPSA) is 75.9 Å². The Morgan fingerprint density at radius 2 is 1.81 bits per heavy atom. The van der Waals surface area contributed by atoms with Crippen LogP contribution in [-0.4, -0.2) is 49.1 Å². The van der Waals surface area contributed by atoms with E-state index >= 15 is 0 Å². The highest BCUT2D eigenvalue weighted by molar-refractivity contribution is 7.22. The van der Waals surface area contributed by atoms with Gasteiger partial charge in [-0.15, -0.1) is 0 Å². The number of hydrogen-bond donors (Lipinski definition) is 0. The Morgan fingerprint density at radius 1 is 1.00 bits per heavy atom. The molecule has 0 bridgehead atoms. The van der Waals surface area contributed by atoms with E-state index in [2.05, 4.69) is 18.7 Å². The molecule has 2 heterocycles. The maximum Gasteiger partial charge on any atom is 0.349 e. The molecule has 1 amide bonds. The molecule has 5 rings (SSSR count). The molecule has 0 atom stereocenters. The molecular formula is C28H27N3O4S. The summed E-state index contributed by atoms with van der Waals surface area (Å²) in [7, 11) is 1.61. The smallest absolute Gasteiger partial charge is 0.349 e. The van der Waals surface area contributed by atoms with Gasteiger partial charge in [0.1, 0.15) is 16.9 Å². The van der Waals surface area contributed by atoms with E-state index in [0.717, 1.165) is 39.5 Å². The number of methoxy groups -OCH3 is 1. The second-order valence-corrected chi connectivity index (χ2v) is 9.47. The van der Waals surface area contributed by atoms with Gasteiger partial charge in [-0.2, -0.15) is 0 Å². The monoisotopic (exact) mass is 501 g/mol. The van der Waals surface area contributed by atoms with Gasteiger partial charge in [-0.05, 0) is 48.1 Å². The molecule has 0 radical (unpaired) electrons. The number of likely N-dealkylation sites (N-methyl/N-ethyl adjacent to an activating group) is 1. The first-order chi connectivity index (χ1) is 17.5. The number of rotatable bonds is 8. The Morgan fingerprint density at radius 3 is 2.58 bits per heavy atom. The Balaban J connectivity index is 1.61. The van der Waals surface area contributed by atoms with E-state index in [1.807, 2.05) is 48.5 Å². The third kappa shape index (κ3) is 4.45. The largest absolute Gasteiger partial charge is 0.497 e. The van der Waals surface area contributed by atoms with Crippen molar-refractivity contribution in [1.29, 1.82) is 0 Å². The summed E-state index contributed by atoms with van der Waals surface area (Å²) in [5.41, 5.74) is 0.539. The first kappa shape index (κ1) is 24.0. The molecule has 2 aromatic heterocycles. The third-order valence-corrected chi connectivity index (χ3v) is 7.53. The van der Waals surface area contributed by atoms with Gasteiger partial charge in [0, 0.05) is 24.5 Å². The summed E-state index contributed by atoms with van der Waals surface area (Å²) in [5.74, 6) is 0.277. The van der Waals surface area contributed by atoms with E-state index in [1.165, 1.54) is 11.3 Å². The number of anilines is 1. The minimum absolute atomic E-state index is 0.00441. The predicted octanol–water partition coefficient (Wildman–Crippen LogP) is 5.55. The minimum atomic E-state index is -0.654. The fourth-order valence-electron chi connectivity index (χ4n) is 4.37. The van der Waals surface area contributed by atoms with Gasteiger partial charge in [-0.25, -0.2) is 9.78 Å². The van der Waals surface area contributed by atoms with E-state index in [-0.39, 0.29) is 5.56 Å². The highest BCUT2D eigenvalue weighted by atomic mass is 32.1. The summed E-state index contributed by atoms with van der Waals surface area (Å²) >= 11 is 1.41. The van der Waals surface area contributed by atoms with Gasteiger partial charge in [-0.3, -0.25) is 9.69 Å². The van der Waals surface area contributed by atoms with E-state index in [0.29, 0.717) is 29.6 Å². The van der Waals surface area contributed by atoms with E-state index < -0.39 is 11.5 Å². The lowest BCUT2D eigenvalue weighted by Crippen LogP contribution is -2.40. The van der Waals surface area contributed by atoms with Gasteiger partial charge >= 0.3 is 5.63 Å². The van der Waals surface area contributed by atoms with E-state index in [4.69, 9.17) is 14.1 Å². The number of thiazole rings is 1. The zero-order valence-electron chi connectivity index (χ0n) is 20.5. The Labute approximate surface area is 212 Å². The van der Waals surface area contributed by atoms with Crippen molar-refractivity contribution in [3.05, 3.63) is 76.6 Å². The quantitative estimate of drug-likeness (QED) is 0.205. The molecule has 0 aliphatic carbocycles. The number of carbonyl (C=O) groups excluding carboxylic acids is 1. The maximum absolute atomic E-state index is 13.9. The van der Waals surface area contributed by atoms with Gasteiger partial charge in [0.25, 0.3) is 5.91 Å². The summed E-state index contributed by atoms with van der Waals surface area (Å²) in [6.07, 6.45) is 0. The number of hydrogen-bond acceptors (Lipinski definition) is 7. The van der Waals surface area contributed by atoms with E-state index in [1.54, 1.807) is 24.1 Å². The van der Waals surface area contributed by atoms with Crippen LogP contribution in [0.3, 0.4) is 0 Å². The lowest BCUT2D eigenvalue weighted by molar-refractivity contribution is 0.0980. The molecule has 36 heavy (non-hydrogen) atoms. The molecule has 0 aliphatic heterocycles. The number of amides is 1. The Hall–Kier alpha value is -3.75. The number of benzene rings is 3. The summed E-state index contributed by atoms with van der Waals surface area (Å²) < 4.78 is 11.9. The lowest BCUT2D eigenvalue weighted by Gasteiger charge is -2.24. The molecule has 5 aromatic rings. The van der Waals surface area contributed by atoms with Gasteiger partial charge in [0.05, 0.1) is 17.3 Å². The Kier molecular flexibility index (Phi) is 6.71. The van der Waals surface area contributed by atoms with Crippen molar-refractivity contribution in [2.45, 2.75) is 13.8 Å². The molecule has 3 aromatic carbocycles. The van der Waals surface area contributed by atoms with Gasteiger partial charge in [0.2, 0.25) is 0 Å². The van der Waals surface area contributed by atoms with Crippen molar-refractivity contribution in [3.8, 4) is 5.75 Å². The number of fused-ring (bicyclic) bond motifs is 4. The van der Waals surface area contributed by atoms with Crippen LogP contribution < -0.4 is 15.3 Å². The van der Waals surface area contributed by atoms with Gasteiger partial charge < -0.3 is 14.1 Å². The third-order valence-electron chi connectivity index (χ3n) is 6.47. The summed E-state index contributed by atoms with van der Waals surface area (Å²) in [4.78, 5) is 35.5. The van der Waals surface area contributed by atoms with Crippen LogP contribution in [0, 0.1) is 0 Å². The van der Waals surface area contributed by atoms with Crippen LogP contribution in [0.5, 0.6) is 5.75 Å². The van der Waals surface area contributed by atoms with Crippen LogP contribution in [0.4, 0.5) is 5.13 Å². The lowest BCUT2D eigenvalue weighted by atomic mass is 10.0. The molecule has 8 heteroatoms. The van der Waals surface area contributed by atoms with E-state index in [9.17, 15) is 9.59 Å². The SMILES string of the molecule is CCN(CC)CCN(C(=O)c1cc2c(ccc3ccccc32)oc1=O)c1nc2cc(OC)ccc2s1. The summed E-state index contributed by atoms with van der Waals surface area (Å²) in [6.45, 7) is 6.94. The fraction of sp³-hybridized carbons (Fsp3) is 0.250. The van der Waals surface area contributed by atoms with Crippen LogP contribution >= 0.6 is 11.3 Å². The highest BCUT2D eigenvalue weighted by Crippen LogP contribution is 2.32. The highest BCUT2D eigenvalue weighted by Gasteiger charge is 2.25. The number of ether oxygens (including phenoxy) is 1. The second kappa shape index (κ2) is 10.1. The van der Waals surface area contributed by atoms with Crippen molar-refractivity contribution in [2.75, 3.05) is 38.2 Å². The molecule has 184 valence electrons. The molecular weight excluding hydrogens is 474 g/mol. The molecule has 0 fully saturated rings. The van der Waals surface area contributed by atoms with Gasteiger partial charge in [-0.1, -0.05) is 55.5 Å². The van der Waals surface area contributed by atoms with Crippen LogP contribution in [0.2, 0.25) is 0 Å². The predicted molar refractivity (Wildman–Crippen MR) is 146 cm³/mol. The van der Waals surface area contributed by atoms with Crippen LogP contribution in [0.1, 0.15) is 24.2 Å². The standard InChI is InChI=1S/C28H27N3O4S/c1-4-30(5-2)14-15-31(28-29-23-16-19(34-3)11-13-25(23)36-28)26(32)22-17-21-20-9-7-6-8-18(20)10-12-24(21)35-27(22)33/h6-13,16-17H,4-5,14-15H2,1-3H3. The maximum atomic E-state index is 13.9. The fourth-order valence-corrected chi connectivity index (χ4v) is 5.34. The molecule has 0 spiro atoms. The molecule has 0 aliphatic rings. The van der Waals surface area contributed by atoms with Crippen molar-refractivity contribution in [3.63, 3.8) is 0 Å². The van der Waals surface area contributed by atoms with Crippen LogP contribution in [0.15, 0.2) is 69.9 Å². The molecule has 7 nitrogen and oxygen atoms in total. The zero-order valence-corrected chi connectivity index (χ0v) is 21.3. The molecule has 0 N–H and O–H groups in total. The van der Waals surface area contributed by atoms with Gasteiger partial charge in [0.15, 0.2) is 5.13 Å². The second-order valence-electron chi connectivity index (χ2n) is 8.46. The average molecular weight is 502 g/mol. The minimum Gasteiger partial charge on any atom is -0.497 e.